The highest BCUT2D eigenvalue weighted by Crippen LogP contribution is 2.29. The summed E-state index contributed by atoms with van der Waals surface area (Å²) < 4.78 is 76.9. The smallest absolute Gasteiger partial charge is 0.493 e. The molecule has 0 heterocycles. The molecule has 2 aromatic rings. The summed E-state index contributed by atoms with van der Waals surface area (Å²) >= 11 is 0. The number of carbonyl (C=O) groups is 1. The summed E-state index contributed by atoms with van der Waals surface area (Å²) in [6.07, 6.45) is -5.05. The Hall–Kier alpha value is -2.99. The van der Waals surface area contributed by atoms with Gasteiger partial charge in [0, 0.05) is 24.7 Å². The van der Waals surface area contributed by atoms with Crippen LogP contribution in [0.2, 0.25) is 0 Å². The first-order chi connectivity index (χ1) is 14.0. The number of alkyl halides is 3. The van der Waals surface area contributed by atoms with Crippen LogP contribution in [0.4, 0.5) is 18.9 Å². The predicted octanol–water partition coefficient (Wildman–Crippen LogP) is 2.91. The quantitative estimate of drug-likeness (QED) is 0.612. The molecule has 0 unspecified atom stereocenters. The fourth-order valence-electron chi connectivity index (χ4n) is 2.34. The lowest BCUT2D eigenvalue weighted by molar-refractivity contribution is -0.274. The van der Waals surface area contributed by atoms with Crippen LogP contribution in [0.1, 0.15) is 6.42 Å². The van der Waals surface area contributed by atoms with Crippen molar-refractivity contribution in [3.05, 3.63) is 42.5 Å². The van der Waals surface area contributed by atoms with E-state index in [0.29, 0.717) is 17.2 Å². The SMILES string of the molecule is COc1ccc(NC(=O)CCNS(=O)(=O)c2ccc(OC(F)(F)F)cc2)cc1OC. The third-order valence-corrected chi connectivity index (χ3v) is 5.16. The molecule has 0 saturated heterocycles. The number of rotatable bonds is 9. The molecule has 0 aliphatic carbocycles. The van der Waals surface area contributed by atoms with Crippen molar-refractivity contribution in [2.45, 2.75) is 17.7 Å². The van der Waals surface area contributed by atoms with Gasteiger partial charge in [-0.05, 0) is 36.4 Å². The molecule has 1 amide bonds. The summed E-state index contributed by atoms with van der Waals surface area (Å²) in [6, 6.07) is 8.43. The zero-order chi connectivity index (χ0) is 22.4. The van der Waals surface area contributed by atoms with E-state index < -0.39 is 28.0 Å². The van der Waals surface area contributed by atoms with E-state index in [1.807, 2.05) is 0 Å². The first-order valence-electron chi connectivity index (χ1n) is 8.41. The molecule has 0 spiro atoms. The molecule has 0 radical (unpaired) electrons. The number of methoxy groups -OCH3 is 2. The number of benzene rings is 2. The van der Waals surface area contributed by atoms with E-state index >= 15 is 0 Å². The normalized spacial score (nSPS) is 11.6. The maximum Gasteiger partial charge on any atom is 0.573 e. The maximum absolute atomic E-state index is 12.2. The van der Waals surface area contributed by atoms with E-state index in [1.165, 1.54) is 14.2 Å². The van der Waals surface area contributed by atoms with Crippen LogP contribution in [0.3, 0.4) is 0 Å². The average molecular weight is 448 g/mol. The summed E-state index contributed by atoms with van der Waals surface area (Å²) in [5, 5.41) is 2.59. The molecule has 0 fully saturated rings. The van der Waals surface area contributed by atoms with E-state index in [0.717, 1.165) is 24.3 Å². The Morgan fingerprint density at radius 2 is 1.63 bits per heavy atom. The molecular formula is C18H19F3N2O6S. The van der Waals surface area contributed by atoms with Crippen molar-refractivity contribution in [3.63, 3.8) is 0 Å². The highest BCUT2D eigenvalue weighted by molar-refractivity contribution is 7.89. The Kier molecular flexibility index (Phi) is 7.51. The Labute approximate surface area is 171 Å². The molecule has 0 atom stereocenters. The summed E-state index contributed by atoms with van der Waals surface area (Å²) in [5.74, 6) is -0.113. The molecule has 0 saturated carbocycles. The number of carbonyl (C=O) groups excluding carboxylic acids is 1. The molecule has 12 heteroatoms. The second-order valence-corrected chi connectivity index (χ2v) is 7.55. The topological polar surface area (TPSA) is 103 Å². The number of hydrogen-bond acceptors (Lipinski definition) is 6. The standard InChI is InChI=1S/C18H19F3N2O6S/c1-27-15-8-3-12(11-16(15)28-2)23-17(24)9-10-22-30(25,26)14-6-4-13(5-7-14)29-18(19,20)21/h3-8,11,22H,9-10H2,1-2H3,(H,23,24). The molecular weight excluding hydrogens is 429 g/mol. The fourth-order valence-corrected chi connectivity index (χ4v) is 3.37. The number of ether oxygens (including phenoxy) is 3. The lowest BCUT2D eigenvalue weighted by atomic mass is 10.2. The lowest BCUT2D eigenvalue weighted by Gasteiger charge is -2.11. The van der Waals surface area contributed by atoms with Gasteiger partial charge in [0.1, 0.15) is 5.75 Å². The van der Waals surface area contributed by atoms with Gasteiger partial charge < -0.3 is 19.5 Å². The van der Waals surface area contributed by atoms with Crippen molar-refractivity contribution >= 4 is 21.6 Å². The van der Waals surface area contributed by atoms with Crippen LogP contribution in [0.25, 0.3) is 0 Å². The monoisotopic (exact) mass is 448 g/mol. The number of amides is 1. The van der Waals surface area contributed by atoms with E-state index in [-0.39, 0.29) is 17.9 Å². The molecule has 2 N–H and O–H groups in total. The fraction of sp³-hybridized carbons (Fsp3) is 0.278. The lowest BCUT2D eigenvalue weighted by Crippen LogP contribution is -2.27. The zero-order valence-corrected chi connectivity index (χ0v) is 16.8. The highest BCUT2D eigenvalue weighted by atomic mass is 32.2. The van der Waals surface area contributed by atoms with Gasteiger partial charge in [-0.2, -0.15) is 0 Å². The molecule has 164 valence electrons. The minimum atomic E-state index is -4.88. The van der Waals surface area contributed by atoms with Crippen LogP contribution in [-0.2, 0) is 14.8 Å². The Morgan fingerprint density at radius 3 is 2.20 bits per heavy atom. The van der Waals surface area contributed by atoms with Crippen LogP contribution in [0.5, 0.6) is 17.2 Å². The molecule has 0 aliphatic heterocycles. The van der Waals surface area contributed by atoms with Gasteiger partial charge in [-0.3, -0.25) is 4.79 Å². The number of halogens is 3. The zero-order valence-electron chi connectivity index (χ0n) is 15.9. The van der Waals surface area contributed by atoms with Gasteiger partial charge in [-0.15, -0.1) is 13.2 Å². The maximum atomic E-state index is 12.2. The number of hydrogen-bond donors (Lipinski definition) is 2. The number of sulfonamides is 1. The van der Waals surface area contributed by atoms with Gasteiger partial charge in [-0.1, -0.05) is 0 Å². The summed E-state index contributed by atoms with van der Waals surface area (Å²) in [4.78, 5) is 11.8. The number of nitrogens with one attached hydrogen (secondary N) is 2. The minimum absolute atomic E-state index is 0.178. The third kappa shape index (κ3) is 6.81. The third-order valence-electron chi connectivity index (χ3n) is 3.68. The Balaban J connectivity index is 1.90. The summed E-state index contributed by atoms with van der Waals surface area (Å²) in [5.41, 5.74) is 0.431. The first kappa shape index (κ1) is 23.3. The van der Waals surface area contributed by atoms with Crippen molar-refractivity contribution in [2.24, 2.45) is 0 Å². The second kappa shape index (κ2) is 9.67. The molecule has 0 aromatic heterocycles. The molecule has 2 rings (SSSR count). The van der Waals surface area contributed by atoms with Crippen LogP contribution in [0.15, 0.2) is 47.4 Å². The Morgan fingerprint density at radius 1 is 1.00 bits per heavy atom. The van der Waals surface area contributed by atoms with Crippen molar-refractivity contribution in [2.75, 3.05) is 26.1 Å². The van der Waals surface area contributed by atoms with Gasteiger partial charge in [0.15, 0.2) is 11.5 Å². The first-order valence-corrected chi connectivity index (χ1v) is 9.90. The van der Waals surface area contributed by atoms with E-state index in [4.69, 9.17) is 9.47 Å². The minimum Gasteiger partial charge on any atom is -0.493 e. The molecule has 0 bridgehead atoms. The highest BCUT2D eigenvalue weighted by Gasteiger charge is 2.31. The van der Waals surface area contributed by atoms with Gasteiger partial charge in [0.05, 0.1) is 19.1 Å². The molecule has 30 heavy (non-hydrogen) atoms. The van der Waals surface area contributed by atoms with Gasteiger partial charge in [-0.25, -0.2) is 13.1 Å². The summed E-state index contributed by atoms with van der Waals surface area (Å²) in [7, 11) is -1.10. The van der Waals surface area contributed by atoms with Crippen LogP contribution >= 0.6 is 0 Å². The predicted molar refractivity (Wildman–Crippen MR) is 101 cm³/mol. The largest absolute Gasteiger partial charge is 0.573 e. The van der Waals surface area contributed by atoms with Crippen molar-refractivity contribution in [1.29, 1.82) is 0 Å². The van der Waals surface area contributed by atoms with Crippen molar-refractivity contribution in [1.82, 2.24) is 4.72 Å². The van der Waals surface area contributed by atoms with E-state index in [1.54, 1.807) is 18.2 Å². The second-order valence-electron chi connectivity index (χ2n) is 5.78. The van der Waals surface area contributed by atoms with E-state index in [9.17, 15) is 26.4 Å². The van der Waals surface area contributed by atoms with Crippen LogP contribution in [0, 0.1) is 0 Å². The Bertz CT molecular complexity index is 978. The van der Waals surface area contributed by atoms with Crippen LogP contribution < -0.4 is 24.2 Å². The molecule has 8 nitrogen and oxygen atoms in total. The average Bonchev–Trinajstić information content (AvgIpc) is 2.66. The molecule has 2 aromatic carbocycles. The van der Waals surface area contributed by atoms with Gasteiger partial charge in [0.25, 0.3) is 0 Å². The number of anilines is 1. The molecule has 0 aliphatic rings. The van der Waals surface area contributed by atoms with Crippen molar-refractivity contribution in [3.8, 4) is 17.2 Å². The summed E-state index contributed by atoms with van der Waals surface area (Å²) in [6.45, 7) is -0.220. The van der Waals surface area contributed by atoms with Crippen LogP contribution in [-0.4, -0.2) is 41.5 Å². The van der Waals surface area contributed by atoms with E-state index in [2.05, 4.69) is 14.8 Å². The van der Waals surface area contributed by atoms with Gasteiger partial charge >= 0.3 is 6.36 Å². The van der Waals surface area contributed by atoms with Gasteiger partial charge in [0.2, 0.25) is 15.9 Å². The van der Waals surface area contributed by atoms with Crippen molar-refractivity contribution < 1.29 is 40.6 Å².